The van der Waals surface area contributed by atoms with Gasteiger partial charge in [0.2, 0.25) is 0 Å². The van der Waals surface area contributed by atoms with Gasteiger partial charge in [0.25, 0.3) is 5.91 Å². The number of amides is 1. The molecule has 0 aliphatic carbocycles. The summed E-state index contributed by atoms with van der Waals surface area (Å²) in [6.07, 6.45) is 4.49. The molecule has 0 atom stereocenters. The third-order valence-corrected chi connectivity index (χ3v) is 5.84. The highest BCUT2D eigenvalue weighted by Gasteiger charge is 2.48. The van der Waals surface area contributed by atoms with Gasteiger partial charge in [0.15, 0.2) is 5.72 Å². The Hall–Kier alpha value is -3.12. The Kier molecular flexibility index (Phi) is 5.59. The van der Waals surface area contributed by atoms with Crippen LogP contribution in [0.2, 0.25) is 0 Å². The molecule has 156 valence electrons. The van der Waals surface area contributed by atoms with E-state index >= 15 is 0 Å². The summed E-state index contributed by atoms with van der Waals surface area (Å²) in [5, 5.41) is 0. The molecule has 6 heteroatoms. The Balaban J connectivity index is 1.70. The predicted molar refractivity (Wildman–Crippen MR) is 114 cm³/mol. The van der Waals surface area contributed by atoms with Crippen molar-refractivity contribution in [1.29, 1.82) is 0 Å². The molecule has 2 aromatic carbocycles. The number of likely N-dealkylation sites (tertiary alicyclic amines) is 1. The van der Waals surface area contributed by atoms with Crippen LogP contribution in [0.3, 0.4) is 0 Å². The van der Waals surface area contributed by atoms with Gasteiger partial charge >= 0.3 is 5.97 Å². The minimum Gasteiger partial charge on any atom is -0.467 e. The van der Waals surface area contributed by atoms with Gasteiger partial charge in [0.1, 0.15) is 5.75 Å². The monoisotopic (exact) mass is 406 g/mol. The second-order valence-electron chi connectivity index (χ2n) is 7.84. The van der Waals surface area contributed by atoms with Crippen molar-refractivity contribution >= 4 is 18.0 Å². The fraction of sp³-hybridized carbons (Fsp3) is 0.333. The van der Waals surface area contributed by atoms with Crippen molar-refractivity contribution in [1.82, 2.24) is 9.80 Å². The van der Waals surface area contributed by atoms with E-state index in [1.54, 1.807) is 12.1 Å². The van der Waals surface area contributed by atoms with Crippen molar-refractivity contribution in [3.8, 4) is 5.75 Å². The Morgan fingerprint density at radius 3 is 2.60 bits per heavy atom. The lowest BCUT2D eigenvalue weighted by molar-refractivity contribution is -0.134. The molecular weight excluding hydrogens is 380 g/mol. The highest BCUT2D eigenvalue weighted by atomic mass is 16.5. The molecule has 2 aliphatic heterocycles. The summed E-state index contributed by atoms with van der Waals surface area (Å²) in [5.74, 6) is 0.119. The van der Waals surface area contributed by atoms with Gasteiger partial charge in [-0.05, 0) is 36.4 Å². The molecular formula is C24H26N2O4. The molecule has 6 nitrogen and oxygen atoms in total. The van der Waals surface area contributed by atoms with E-state index in [1.807, 2.05) is 47.4 Å². The summed E-state index contributed by atoms with van der Waals surface area (Å²) < 4.78 is 11.2. The Morgan fingerprint density at radius 2 is 1.90 bits per heavy atom. The summed E-state index contributed by atoms with van der Waals surface area (Å²) in [4.78, 5) is 29.2. The van der Waals surface area contributed by atoms with Crippen LogP contribution in [0.5, 0.6) is 5.75 Å². The molecule has 0 saturated carbocycles. The summed E-state index contributed by atoms with van der Waals surface area (Å²) in [6, 6.07) is 15.4. The van der Waals surface area contributed by atoms with Gasteiger partial charge in [-0.1, -0.05) is 36.4 Å². The normalized spacial score (nSPS) is 18.3. The maximum absolute atomic E-state index is 13.6. The van der Waals surface area contributed by atoms with Gasteiger partial charge in [0.05, 0.1) is 12.7 Å². The van der Waals surface area contributed by atoms with Crippen LogP contribution in [-0.2, 0) is 16.1 Å². The molecule has 1 saturated heterocycles. The van der Waals surface area contributed by atoms with E-state index in [0.717, 1.165) is 37.1 Å². The fourth-order valence-corrected chi connectivity index (χ4v) is 4.05. The quantitative estimate of drug-likeness (QED) is 0.576. The number of hydrogen-bond donors (Lipinski definition) is 0. The molecule has 1 fully saturated rings. The van der Waals surface area contributed by atoms with E-state index in [9.17, 15) is 9.59 Å². The van der Waals surface area contributed by atoms with Gasteiger partial charge in [0, 0.05) is 38.6 Å². The number of benzene rings is 2. The molecule has 2 aliphatic rings. The van der Waals surface area contributed by atoms with Gasteiger partial charge < -0.3 is 14.4 Å². The van der Waals surface area contributed by atoms with E-state index < -0.39 is 11.7 Å². The van der Waals surface area contributed by atoms with Crippen LogP contribution in [0.1, 0.15) is 34.3 Å². The molecule has 2 heterocycles. The topological polar surface area (TPSA) is 59.1 Å². The number of methoxy groups -OCH3 is 1. The van der Waals surface area contributed by atoms with E-state index in [0.29, 0.717) is 17.9 Å². The van der Waals surface area contributed by atoms with Crippen LogP contribution >= 0.6 is 0 Å². The van der Waals surface area contributed by atoms with E-state index in [1.165, 1.54) is 13.2 Å². The first-order valence-corrected chi connectivity index (χ1v) is 10.1. The largest absolute Gasteiger partial charge is 0.467 e. The molecule has 4 rings (SSSR count). The third-order valence-electron chi connectivity index (χ3n) is 5.84. The van der Waals surface area contributed by atoms with Crippen molar-refractivity contribution in [3.05, 3.63) is 71.3 Å². The molecule has 1 spiro atoms. The molecule has 1 amide bonds. The predicted octanol–water partition coefficient (Wildman–Crippen LogP) is 3.33. The maximum atomic E-state index is 13.6. The number of carbonyl (C=O) groups excluding carboxylic acids is 2. The van der Waals surface area contributed by atoms with E-state index in [2.05, 4.69) is 16.7 Å². The molecule has 30 heavy (non-hydrogen) atoms. The average Bonchev–Trinajstić information content (AvgIpc) is 2.78. The third kappa shape index (κ3) is 3.96. The summed E-state index contributed by atoms with van der Waals surface area (Å²) in [5.41, 5.74) is 1.69. The number of piperidine rings is 1. The van der Waals surface area contributed by atoms with Gasteiger partial charge in [-0.15, -0.1) is 0 Å². The second-order valence-corrected chi connectivity index (χ2v) is 7.84. The average molecular weight is 406 g/mol. The number of rotatable bonds is 4. The van der Waals surface area contributed by atoms with Crippen molar-refractivity contribution in [2.75, 3.05) is 27.2 Å². The first kappa shape index (κ1) is 20.2. The minimum atomic E-state index is -0.643. The lowest BCUT2D eigenvalue weighted by atomic mass is 9.93. The van der Waals surface area contributed by atoms with Crippen LogP contribution < -0.4 is 4.74 Å². The van der Waals surface area contributed by atoms with Crippen molar-refractivity contribution in [2.24, 2.45) is 0 Å². The smallest absolute Gasteiger partial charge is 0.330 e. The van der Waals surface area contributed by atoms with Crippen molar-refractivity contribution in [3.63, 3.8) is 0 Å². The minimum absolute atomic E-state index is 0.0435. The van der Waals surface area contributed by atoms with Gasteiger partial charge in [-0.3, -0.25) is 9.69 Å². The SMILES string of the molecule is COC(=O)C=Cc1ccc2c(c1)C(=O)N(Cc1ccccc1)C1(CCN(C)CC1)O2. The summed E-state index contributed by atoms with van der Waals surface area (Å²) in [6.45, 7) is 2.23. The molecule has 0 bridgehead atoms. The number of fused-ring (bicyclic) bond motifs is 1. The van der Waals surface area contributed by atoms with Gasteiger partial charge in [-0.2, -0.15) is 0 Å². The van der Waals surface area contributed by atoms with Crippen LogP contribution in [-0.4, -0.2) is 54.6 Å². The van der Waals surface area contributed by atoms with E-state index in [4.69, 9.17) is 4.74 Å². The highest BCUT2D eigenvalue weighted by molar-refractivity contribution is 5.99. The molecule has 0 aromatic heterocycles. The lowest BCUT2D eigenvalue weighted by Crippen LogP contribution is -2.62. The molecule has 2 aromatic rings. The van der Waals surface area contributed by atoms with Crippen LogP contribution in [0, 0.1) is 0 Å². The maximum Gasteiger partial charge on any atom is 0.330 e. The Bertz CT molecular complexity index is 962. The number of nitrogens with zero attached hydrogens (tertiary/aromatic N) is 2. The highest BCUT2D eigenvalue weighted by Crippen LogP contribution is 2.40. The standard InChI is InChI=1S/C24H26N2O4/c1-25-14-12-24(13-15-25)26(17-19-6-4-3-5-7-19)23(28)20-16-18(8-10-21(20)30-24)9-11-22(27)29-2/h3-11,16H,12-15,17H2,1-2H3. The first-order chi connectivity index (χ1) is 14.5. The van der Waals surface area contributed by atoms with Crippen molar-refractivity contribution < 1.29 is 19.1 Å². The van der Waals surface area contributed by atoms with Crippen LogP contribution in [0.15, 0.2) is 54.6 Å². The van der Waals surface area contributed by atoms with E-state index in [-0.39, 0.29) is 5.91 Å². The first-order valence-electron chi connectivity index (χ1n) is 10.1. The molecule has 0 unspecified atom stereocenters. The van der Waals surface area contributed by atoms with Crippen molar-refractivity contribution in [2.45, 2.75) is 25.1 Å². The van der Waals surface area contributed by atoms with Crippen LogP contribution in [0.25, 0.3) is 6.08 Å². The Morgan fingerprint density at radius 1 is 1.17 bits per heavy atom. The fourth-order valence-electron chi connectivity index (χ4n) is 4.05. The Labute approximate surface area is 176 Å². The van der Waals surface area contributed by atoms with Crippen LogP contribution in [0.4, 0.5) is 0 Å². The lowest BCUT2D eigenvalue weighted by Gasteiger charge is -2.50. The zero-order valence-electron chi connectivity index (χ0n) is 17.3. The number of hydrogen-bond acceptors (Lipinski definition) is 5. The summed E-state index contributed by atoms with van der Waals surface area (Å²) in [7, 11) is 3.42. The second kappa shape index (κ2) is 8.32. The zero-order valence-corrected chi connectivity index (χ0v) is 17.3. The summed E-state index contributed by atoms with van der Waals surface area (Å²) >= 11 is 0. The number of ether oxygens (including phenoxy) is 2. The molecule has 0 radical (unpaired) electrons. The number of carbonyl (C=O) groups is 2. The zero-order chi connectivity index (χ0) is 21.1. The molecule has 0 N–H and O–H groups in total. The van der Waals surface area contributed by atoms with Gasteiger partial charge in [-0.25, -0.2) is 4.79 Å². The number of esters is 1.